The Labute approximate surface area is 200 Å². The molecule has 0 aliphatic carbocycles. The van der Waals surface area contributed by atoms with Crippen LogP contribution in [0.1, 0.15) is 16.8 Å². The number of amides is 3. The fourth-order valence-electron chi connectivity index (χ4n) is 3.01. The van der Waals surface area contributed by atoms with Crippen LogP contribution in [0, 0.1) is 16.0 Å². The van der Waals surface area contributed by atoms with Crippen LogP contribution in [-0.2, 0) is 19.1 Å². The van der Waals surface area contributed by atoms with E-state index in [1.165, 1.54) is 18.2 Å². The fourth-order valence-corrected chi connectivity index (χ4v) is 3.73. The molecule has 0 saturated carbocycles. The lowest BCUT2D eigenvalue weighted by Crippen LogP contribution is -2.43. The summed E-state index contributed by atoms with van der Waals surface area (Å²) in [5.74, 6) is -3.79. The molecule has 1 aliphatic heterocycles. The first-order valence-electron chi connectivity index (χ1n) is 9.42. The molecule has 13 heteroatoms. The number of hydrazine groups is 1. The summed E-state index contributed by atoms with van der Waals surface area (Å²) in [7, 11) is 0. The summed E-state index contributed by atoms with van der Waals surface area (Å²) in [5.41, 5.74) is 1.95. The monoisotopic (exact) mass is 538 g/mol. The minimum absolute atomic E-state index is 0.204. The van der Waals surface area contributed by atoms with Gasteiger partial charge in [-0.1, -0.05) is 39.7 Å². The molecular weight excluding hydrogens is 524 g/mol. The molecule has 0 spiro atoms. The number of nitrogens with one attached hydrogen (secondary N) is 2. The first kappa shape index (κ1) is 24.1. The highest BCUT2D eigenvalue weighted by molar-refractivity contribution is 9.10. The van der Waals surface area contributed by atoms with Gasteiger partial charge in [-0.05, 0) is 24.3 Å². The van der Waals surface area contributed by atoms with E-state index in [9.17, 15) is 29.3 Å². The maximum atomic E-state index is 12.4. The maximum absolute atomic E-state index is 12.4. The lowest BCUT2D eigenvalue weighted by molar-refractivity contribution is -0.385. The molecule has 0 unspecified atom stereocenters. The number of esters is 1. The van der Waals surface area contributed by atoms with Crippen molar-refractivity contribution in [1.82, 2.24) is 10.4 Å². The minimum Gasteiger partial charge on any atom is -0.455 e. The lowest BCUT2D eigenvalue weighted by atomic mass is 10.1. The zero-order valence-electron chi connectivity index (χ0n) is 16.7. The van der Waals surface area contributed by atoms with E-state index in [0.717, 1.165) is 15.5 Å². The quantitative estimate of drug-likeness (QED) is 0.312. The third-order valence-electron chi connectivity index (χ3n) is 4.59. The lowest BCUT2D eigenvalue weighted by Gasteiger charge is -2.17. The van der Waals surface area contributed by atoms with E-state index in [2.05, 4.69) is 26.7 Å². The summed E-state index contributed by atoms with van der Waals surface area (Å²) >= 11 is 9.26. The molecule has 1 heterocycles. The smallest absolute Gasteiger partial charge is 0.311 e. The number of nitro benzene ring substituents is 1. The van der Waals surface area contributed by atoms with Gasteiger partial charge in [0.2, 0.25) is 5.91 Å². The van der Waals surface area contributed by atoms with E-state index in [1.807, 2.05) is 0 Å². The standard InChI is InChI=1S/C20H16BrClN4O7/c21-12-5-6-15(14(22)8-12)23-17(27)10-33-20(30)11-7-18(28)25(9-11)24-19(29)13-3-1-2-4-16(13)26(31)32/h1-6,8,11H,7,9-10H2,(H,23,27)(H,24,29)/t11-/m0/s1. The molecule has 2 N–H and O–H groups in total. The molecule has 11 nitrogen and oxygen atoms in total. The van der Waals surface area contributed by atoms with Crippen LogP contribution < -0.4 is 10.7 Å². The van der Waals surface area contributed by atoms with E-state index < -0.39 is 46.8 Å². The van der Waals surface area contributed by atoms with Crippen LogP contribution in [0.5, 0.6) is 0 Å². The Hall–Kier alpha value is -3.51. The van der Waals surface area contributed by atoms with Gasteiger partial charge in [0.1, 0.15) is 5.56 Å². The summed E-state index contributed by atoms with van der Waals surface area (Å²) in [6, 6.07) is 10.1. The molecule has 1 atom stereocenters. The van der Waals surface area contributed by atoms with Gasteiger partial charge < -0.3 is 10.1 Å². The number of para-hydroxylation sites is 1. The molecule has 2 aromatic carbocycles. The van der Waals surface area contributed by atoms with Crippen LogP contribution in [0.3, 0.4) is 0 Å². The summed E-state index contributed by atoms with van der Waals surface area (Å²) in [4.78, 5) is 59.3. The molecule has 3 amide bonds. The SMILES string of the molecule is O=C(COC(=O)[C@H]1CC(=O)N(NC(=O)c2ccccc2[N+](=O)[O-])C1)Nc1ccc(Br)cc1Cl. The summed E-state index contributed by atoms with van der Waals surface area (Å²) < 4.78 is 5.70. The number of benzene rings is 2. The van der Waals surface area contributed by atoms with Gasteiger partial charge in [0.05, 0.1) is 28.1 Å². The van der Waals surface area contributed by atoms with Gasteiger partial charge in [-0.3, -0.25) is 39.7 Å². The van der Waals surface area contributed by atoms with Crippen LogP contribution in [0.2, 0.25) is 5.02 Å². The van der Waals surface area contributed by atoms with Crippen molar-refractivity contribution >= 4 is 62.6 Å². The predicted octanol–water partition coefficient (Wildman–Crippen LogP) is 2.69. The van der Waals surface area contributed by atoms with E-state index in [0.29, 0.717) is 5.69 Å². The number of rotatable bonds is 7. The molecule has 0 bridgehead atoms. The maximum Gasteiger partial charge on any atom is 0.311 e. The molecule has 172 valence electrons. The second-order valence-electron chi connectivity index (χ2n) is 6.90. The number of carbonyl (C=O) groups is 4. The van der Waals surface area contributed by atoms with Crippen LogP contribution >= 0.6 is 27.5 Å². The van der Waals surface area contributed by atoms with Crippen LogP contribution in [0.4, 0.5) is 11.4 Å². The number of ether oxygens (including phenoxy) is 1. The van der Waals surface area contributed by atoms with E-state index in [1.54, 1.807) is 18.2 Å². The van der Waals surface area contributed by atoms with E-state index in [-0.39, 0.29) is 23.6 Å². The zero-order valence-corrected chi connectivity index (χ0v) is 19.1. The third kappa shape index (κ3) is 6.05. The van der Waals surface area contributed by atoms with Crippen LogP contribution in [0.15, 0.2) is 46.9 Å². The Bertz CT molecular complexity index is 1140. The summed E-state index contributed by atoms with van der Waals surface area (Å²) in [6.07, 6.45) is -0.254. The molecule has 3 rings (SSSR count). The summed E-state index contributed by atoms with van der Waals surface area (Å²) in [5, 5.41) is 14.8. The predicted molar refractivity (Wildman–Crippen MR) is 119 cm³/mol. The summed E-state index contributed by atoms with van der Waals surface area (Å²) in [6.45, 7) is -0.803. The first-order chi connectivity index (χ1) is 15.7. The number of nitrogens with zero attached hydrogens (tertiary/aromatic N) is 2. The number of anilines is 1. The van der Waals surface area contributed by atoms with Crippen molar-refractivity contribution < 1.29 is 28.8 Å². The van der Waals surface area contributed by atoms with Gasteiger partial charge in [-0.25, -0.2) is 0 Å². The average Bonchev–Trinajstić information content (AvgIpc) is 3.14. The number of halogens is 2. The van der Waals surface area contributed by atoms with Crippen molar-refractivity contribution in [2.45, 2.75) is 6.42 Å². The zero-order chi connectivity index (χ0) is 24.1. The Morgan fingerprint density at radius 3 is 2.67 bits per heavy atom. The van der Waals surface area contributed by atoms with Crippen molar-refractivity contribution in [2.24, 2.45) is 5.92 Å². The highest BCUT2D eigenvalue weighted by atomic mass is 79.9. The molecular formula is C20H16BrClN4O7. The van der Waals surface area contributed by atoms with Crippen LogP contribution in [0.25, 0.3) is 0 Å². The normalized spacial score (nSPS) is 15.2. The Morgan fingerprint density at radius 2 is 1.97 bits per heavy atom. The molecule has 0 radical (unpaired) electrons. The number of hydrogen-bond donors (Lipinski definition) is 2. The second kappa shape index (κ2) is 10.4. The fraction of sp³-hybridized carbons (Fsp3) is 0.200. The molecule has 0 aromatic heterocycles. The van der Waals surface area contributed by atoms with Gasteiger partial charge in [-0.15, -0.1) is 0 Å². The molecule has 33 heavy (non-hydrogen) atoms. The molecule has 1 saturated heterocycles. The van der Waals surface area contributed by atoms with E-state index >= 15 is 0 Å². The van der Waals surface area contributed by atoms with Gasteiger partial charge in [0.15, 0.2) is 6.61 Å². The highest BCUT2D eigenvalue weighted by Gasteiger charge is 2.37. The third-order valence-corrected chi connectivity index (χ3v) is 5.40. The van der Waals surface area contributed by atoms with Crippen molar-refractivity contribution in [3.05, 3.63) is 67.6 Å². The van der Waals surface area contributed by atoms with E-state index in [4.69, 9.17) is 16.3 Å². The molecule has 2 aromatic rings. The molecule has 1 fully saturated rings. The van der Waals surface area contributed by atoms with Gasteiger partial charge in [0.25, 0.3) is 17.5 Å². The van der Waals surface area contributed by atoms with Crippen molar-refractivity contribution in [2.75, 3.05) is 18.5 Å². The van der Waals surface area contributed by atoms with Crippen molar-refractivity contribution in [3.8, 4) is 0 Å². The largest absolute Gasteiger partial charge is 0.455 e. The average molecular weight is 540 g/mol. The minimum atomic E-state index is -0.923. The number of carbonyl (C=O) groups excluding carboxylic acids is 4. The Morgan fingerprint density at radius 1 is 1.24 bits per heavy atom. The molecule has 1 aliphatic rings. The first-order valence-corrected chi connectivity index (χ1v) is 10.6. The van der Waals surface area contributed by atoms with Gasteiger partial charge >= 0.3 is 5.97 Å². The Balaban J connectivity index is 1.53. The second-order valence-corrected chi connectivity index (χ2v) is 8.22. The highest BCUT2D eigenvalue weighted by Crippen LogP contribution is 2.25. The topological polar surface area (TPSA) is 148 Å². The van der Waals surface area contributed by atoms with Crippen molar-refractivity contribution in [3.63, 3.8) is 0 Å². The Kier molecular flexibility index (Phi) is 7.61. The van der Waals surface area contributed by atoms with Crippen molar-refractivity contribution in [1.29, 1.82) is 0 Å². The van der Waals surface area contributed by atoms with Crippen LogP contribution in [-0.4, -0.2) is 46.8 Å². The number of hydrogen-bond acceptors (Lipinski definition) is 7. The van der Waals surface area contributed by atoms with Gasteiger partial charge in [0, 0.05) is 17.0 Å². The number of nitro groups is 1. The van der Waals surface area contributed by atoms with Gasteiger partial charge in [-0.2, -0.15) is 0 Å².